The molecule has 3 nitrogen and oxygen atoms in total. The fourth-order valence-electron chi connectivity index (χ4n) is 0.937. The molecular weight excluding hydrogens is 172 g/mol. The lowest BCUT2D eigenvalue weighted by Gasteiger charge is -2.00. The maximum Gasteiger partial charge on any atom is 0.312 e. The summed E-state index contributed by atoms with van der Waals surface area (Å²) in [5, 5.41) is 2.57. The summed E-state index contributed by atoms with van der Waals surface area (Å²) < 4.78 is 0. The van der Waals surface area contributed by atoms with Gasteiger partial charge in [-0.25, -0.2) is 4.79 Å². The number of hydrogen-bond acceptors (Lipinski definition) is 2. The van der Waals surface area contributed by atoms with Crippen LogP contribution < -0.4 is 11.1 Å². The van der Waals surface area contributed by atoms with Crippen molar-refractivity contribution < 1.29 is 4.79 Å². The van der Waals surface area contributed by atoms with Crippen LogP contribution in [-0.4, -0.2) is 24.6 Å². The Balaban J connectivity index is 2.86. The average molecular weight is 190 g/mol. The first-order chi connectivity index (χ1) is 5.77. The largest absolute Gasteiger partial charge is 0.352 e. The second-order valence-electron chi connectivity index (χ2n) is 2.70. The number of hydrogen-bond donors (Lipinski definition) is 2. The van der Waals surface area contributed by atoms with Crippen LogP contribution in [-0.2, 0) is 0 Å². The molecule has 0 atom stereocenters. The molecule has 0 aliphatic carbocycles. The van der Waals surface area contributed by atoms with E-state index in [-0.39, 0.29) is 0 Å². The summed E-state index contributed by atoms with van der Waals surface area (Å²) in [6.07, 6.45) is 6.87. The van der Waals surface area contributed by atoms with Crippen LogP contribution in [0.15, 0.2) is 0 Å². The number of rotatable bonds is 7. The minimum atomic E-state index is -0.417. The predicted octanol–water partition coefficient (Wildman–Crippen LogP) is 1.58. The molecule has 0 saturated carbocycles. The zero-order valence-electron chi connectivity index (χ0n) is 7.64. The lowest BCUT2D eigenvalue weighted by atomic mass is 10.2. The molecule has 0 fully saturated rings. The van der Waals surface area contributed by atoms with Crippen LogP contribution >= 0.6 is 11.8 Å². The first-order valence-electron chi connectivity index (χ1n) is 4.29. The van der Waals surface area contributed by atoms with Crippen LogP contribution in [0.25, 0.3) is 0 Å². The van der Waals surface area contributed by atoms with Gasteiger partial charge in [-0.2, -0.15) is 11.8 Å². The first kappa shape index (κ1) is 11.6. The summed E-state index contributed by atoms with van der Waals surface area (Å²) in [5.74, 6) is 1.24. The molecule has 0 unspecified atom stereocenters. The summed E-state index contributed by atoms with van der Waals surface area (Å²) in [6, 6.07) is -0.417. The van der Waals surface area contributed by atoms with E-state index in [0.717, 1.165) is 6.42 Å². The maximum absolute atomic E-state index is 10.2. The molecular formula is C8H18N2OS. The van der Waals surface area contributed by atoms with Crippen molar-refractivity contribution in [2.24, 2.45) is 5.73 Å². The minimum Gasteiger partial charge on any atom is -0.352 e. The van der Waals surface area contributed by atoms with Crippen molar-refractivity contribution in [2.75, 3.05) is 18.6 Å². The van der Waals surface area contributed by atoms with Crippen molar-refractivity contribution in [1.82, 2.24) is 5.32 Å². The maximum atomic E-state index is 10.2. The van der Waals surface area contributed by atoms with Gasteiger partial charge in [-0.1, -0.05) is 12.8 Å². The van der Waals surface area contributed by atoms with Crippen molar-refractivity contribution in [3.05, 3.63) is 0 Å². The van der Waals surface area contributed by atoms with E-state index >= 15 is 0 Å². The molecule has 0 spiro atoms. The van der Waals surface area contributed by atoms with Crippen LogP contribution in [0.5, 0.6) is 0 Å². The molecule has 0 aromatic heterocycles. The molecule has 0 bridgehead atoms. The van der Waals surface area contributed by atoms with E-state index in [2.05, 4.69) is 11.6 Å². The summed E-state index contributed by atoms with van der Waals surface area (Å²) in [7, 11) is 0. The van der Waals surface area contributed by atoms with Gasteiger partial charge < -0.3 is 11.1 Å². The molecule has 0 aromatic carbocycles. The first-order valence-corrected chi connectivity index (χ1v) is 5.69. The van der Waals surface area contributed by atoms with Gasteiger partial charge in [0.25, 0.3) is 0 Å². The van der Waals surface area contributed by atoms with E-state index in [0.29, 0.717) is 6.54 Å². The predicted molar refractivity (Wildman–Crippen MR) is 54.4 cm³/mol. The Hall–Kier alpha value is -0.380. The zero-order chi connectivity index (χ0) is 9.23. The van der Waals surface area contributed by atoms with Gasteiger partial charge in [-0.3, -0.25) is 0 Å². The topological polar surface area (TPSA) is 55.1 Å². The molecule has 2 amide bonds. The van der Waals surface area contributed by atoms with E-state index in [4.69, 9.17) is 5.73 Å². The Kier molecular flexibility index (Phi) is 8.44. The van der Waals surface area contributed by atoms with Crippen LogP contribution in [0.1, 0.15) is 25.7 Å². The molecule has 3 N–H and O–H groups in total. The quantitative estimate of drug-likeness (QED) is 0.599. The standard InChI is InChI=1S/C8H18N2OS/c1-12-7-5-3-2-4-6-10-8(9)11/h2-7H2,1H3,(H3,9,10,11). The third kappa shape index (κ3) is 9.62. The van der Waals surface area contributed by atoms with Gasteiger partial charge >= 0.3 is 6.03 Å². The minimum absolute atomic E-state index is 0.417. The highest BCUT2D eigenvalue weighted by molar-refractivity contribution is 7.98. The fourth-order valence-corrected chi connectivity index (χ4v) is 1.43. The number of carbonyl (C=O) groups is 1. The number of urea groups is 1. The van der Waals surface area contributed by atoms with Crippen molar-refractivity contribution in [3.8, 4) is 0 Å². The number of unbranched alkanes of at least 4 members (excludes halogenated alkanes) is 3. The molecule has 0 radical (unpaired) electrons. The summed E-state index contributed by atoms with van der Waals surface area (Å²) in [4.78, 5) is 10.2. The van der Waals surface area contributed by atoms with Gasteiger partial charge in [0.15, 0.2) is 0 Å². The van der Waals surface area contributed by atoms with Gasteiger partial charge in [0.2, 0.25) is 0 Å². The van der Waals surface area contributed by atoms with Gasteiger partial charge in [0.05, 0.1) is 0 Å². The number of nitrogens with one attached hydrogen (secondary N) is 1. The number of primary amides is 1. The Morgan fingerprint density at radius 2 is 2.00 bits per heavy atom. The monoisotopic (exact) mass is 190 g/mol. The van der Waals surface area contributed by atoms with Crippen LogP contribution in [0.3, 0.4) is 0 Å². The molecule has 0 aliphatic heterocycles. The normalized spacial score (nSPS) is 9.75. The van der Waals surface area contributed by atoms with Crippen molar-refractivity contribution >= 4 is 17.8 Å². The van der Waals surface area contributed by atoms with Crippen LogP contribution in [0.2, 0.25) is 0 Å². The Morgan fingerprint density at radius 1 is 1.33 bits per heavy atom. The lowest BCUT2D eigenvalue weighted by molar-refractivity contribution is 0.248. The Morgan fingerprint density at radius 3 is 2.58 bits per heavy atom. The summed E-state index contributed by atoms with van der Waals surface area (Å²) in [6.45, 7) is 0.717. The van der Waals surface area contributed by atoms with Gasteiger partial charge in [0.1, 0.15) is 0 Å². The van der Waals surface area contributed by atoms with Gasteiger partial charge in [0, 0.05) is 6.54 Å². The summed E-state index contributed by atoms with van der Waals surface area (Å²) >= 11 is 1.88. The number of amides is 2. The fraction of sp³-hybridized carbons (Fsp3) is 0.875. The third-order valence-electron chi connectivity index (χ3n) is 1.57. The number of nitrogens with two attached hydrogens (primary N) is 1. The molecule has 0 heterocycles. The van der Waals surface area contributed by atoms with E-state index < -0.39 is 6.03 Å². The highest BCUT2D eigenvalue weighted by atomic mass is 32.2. The van der Waals surface area contributed by atoms with E-state index in [1.54, 1.807) is 0 Å². The van der Waals surface area contributed by atoms with Crippen molar-refractivity contribution in [1.29, 1.82) is 0 Å². The number of thioether (sulfide) groups is 1. The Labute approximate surface area is 78.5 Å². The highest BCUT2D eigenvalue weighted by Crippen LogP contribution is 2.03. The lowest BCUT2D eigenvalue weighted by Crippen LogP contribution is -2.29. The average Bonchev–Trinajstić information content (AvgIpc) is 2.02. The Bertz CT molecular complexity index is 120. The number of carbonyl (C=O) groups excluding carboxylic acids is 1. The second-order valence-corrected chi connectivity index (χ2v) is 3.68. The molecule has 4 heteroatoms. The van der Waals surface area contributed by atoms with Crippen molar-refractivity contribution in [2.45, 2.75) is 25.7 Å². The van der Waals surface area contributed by atoms with E-state index in [9.17, 15) is 4.79 Å². The van der Waals surface area contributed by atoms with Crippen molar-refractivity contribution in [3.63, 3.8) is 0 Å². The molecule has 0 rings (SSSR count). The van der Waals surface area contributed by atoms with Crippen LogP contribution in [0, 0.1) is 0 Å². The van der Waals surface area contributed by atoms with E-state index in [1.165, 1.54) is 25.0 Å². The molecule has 0 aliphatic rings. The molecule has 0 aromatic rings. The third-order valence-corrected chi connectivity index (χ3v) is 2.27. The summed E-state index contributed by atoms with van der Waals surface area (Å²) in [5.41, 5.74) is 4.90. The smallest absolute Gasteiger partial charge is 0.312 e. The molecule has 0 saturated heterocycles. The van der Waals surface area contributed by atoms with Gasteiger partial charge in [-0.05, 0) is 24.9 Å². The highest BCUT2D eigenvalue weighted by Gasteiger charge is 1.91. The second kappa shape index (κ2) is 8.71. The van der Waals surface area contributed by atoms with Gasteiger partial charge in [-0.15, -0.1) is 0 Å². The molecule has 12 heavy (non-hydrogen) atoms. The zero-order valence-corrected chi connectivity index (χ0v) is 8.45. The molecule has 72 valence electrons. The van der Waals surface area contributed by atoms with Crippen LogP contribution in [0.4, 0.5) is 4.79 Å². The van der Waals surface area contributed by atoms with E-state index in [1.807, 2.05) is 11.8 Å². The SMILES string of the molecule is CSCCCCCCNC(N)=O.